The number of hydrogen-bond acceptors (Lipinski definition) is 0. The molecule has 3 aromatic rings. The Balaban J connectivity index is 2.25. The molecule has 0 spiro atoms. The third-order valence-corrected chi connectivity index (χ3v) is 4.49. The molecular weight excluding hydrogens is 283 g/mol. The van der Waals surface area contributed by atoms with Crippen molar-refractivity contribution >= 4 is 0 Å². The Bertz CT molecular complexity index is 608. The molecule has 0 aromatic heterocycles. The fraction of sp³-hybridized carbons (Fsp3) is 0.182. The zero-order valence-corrected chi connectivity index (χ0v) is 13.2. The predicted octanol–water partition coefficient (Wildman–Crippen LogP) is 5.77. The molecule has 0 aliphatic rings. The molecule has 0 nitrogen and oxygen atoms in total. The van der Waals surface area contributed by atoms with Gasteiger partial charge in [-0.3, -0.25) is 4.39 Å². The molecule has 0 radical (unpaired) electrons. The highest BCUT2D eigenvalue weighted by Gasteiger charge is 2.35. The summed E-state index contributed by atoms with van der Waals surface area (Å²) in [5.41, 5.74) is 3.33. The molecule has 0 fully saturated rings. The van der Waals surface area contributed by atoms with Gasteiger partial charge < -0.3 is 0 Å². The second-order valence-corrected chi connectivity index (χ2v) is 5.80. The van der Waals surface area contributed by atoms with Crippen LogP contribution in [0, 0.1) is 0 Å². The summed E-state index contributed by atoms with van der Waals surface area (Å²) in [6.45, 7) is -0.297. The lowest BCUT2D eigenvalue weighted by Crippen LogP contribution is -2.29. The molecule has 0 atom stereocenters. The van der Waals surface area contributed by atoms with Crippen molar-refractivity contribution < 1.29 is 4.39 Å². The van der Waals surface area contributed by atoms with E-state index in [9.17, 15) is 4.39 Å². The normalized spacial score (nSPS) is 11.3. The van der Waals surface area contributed by atoms with Gasteiger partial charge in [-0.2, -0.15) is 0 Å². The van der Waals surface area contributed by atoms with Gasteiger partial charge in [-0.1, -0.05) is 91.0 Å². The Kier molecular flexibility index (Phi) is 4.87. The smallest absolute Gasteiger partial charge is 0.0895 e. The van der Waals surface area contributed by atoms with Gasteiger partial charge in [0.1, 0.15) is 0 Å². The van der Waals surface area contributed by atoms with Crippen LogP contribution in [0.1, 0.15) is 29.5 Å². The molecule has 0 saturated carbocycles. The van der Waals surface area contributed by atoms with E-state index in [-0.39, 0.29) is 12.1 Å². The molecule has 0 unspecified atom stereocenters. The van der Waals surface area contributed by atoms with Crippen LogP contribution in [0.25, 0.3) is 0 Å². The largest absolute Gasteiger partial charge is 0.251 e. The van der Waals surface area contributed by atoms with E-state index >= 15 is 0 Å². The summed E-state index contributed by atoms with van der Waals surface area (Å²) in [4.78, 5) is 0. The first kappa shape index (κ1) is 15.5. The van der Waals surface area contributed by atoms with E-state index in [1.165, 1.54) is 16.7 Å². The van der Waals surface area contributed by atoms with Crippen LogP contribution in [0.15, 0.2) is 91.0 Å². The number of alkyl halides is 1. The van der Waals surface area contributed by atoms with Crippen LogP contribution in [-0.4, -0.2) is 6.67 Å². The van der Waals surface area contributed by atoms with E-state index < -0.39 is 0 Å². The molecule has 1 heteroatoms. The second kappa shape index (κ2) is 7.23. The third-order valence-electron chi connectivity index (χ3n) is 4.49. The molecular formula is C22H21F. The van der Waals surface area contributed by atoms with Crippen molar-refractivity contribution in [2.75, 3.05) is 6.67 Å². The van der Waals surface area contributed by atoms with Crippen LogP contribution >= 0.6 is 0 Å². The Labute approximate surface area is 137 Å². The highest BCUT2D eigenvalue weighted by molar-refractivity contribution is 5.50. The quantitative estimate of drug-likeness (QED) is 0.507. The summed E-state index contributed by atoms with van der Waals surface area (Å²) >= 11 is 0. The first-order valence-electron chi connectivity index (χ1n) is 8.10. The van der Waals surface area contributed by atoms with Gasteiger partial charge in [-0.25, -0.2) is 0 Å². The minimum atomic E-state index is -0.310. The molecule has 3 rings (SSSR count). The highest BCUT2D eigenvalue weighted by Crippen LogP contribution is 2.42. The zero-order valence-electron chi connectivity index (χ0n) is 13.2. The van der Waals surface area contributed by atoms with Crippen LogP contribution in [0.3, 0.4) is 0 Å². The lowest BCUT2D eigenvalue weighted by molar-refractivity contribution is 0.424. The Morgan fingerprint density at radius 1 is 0.565 bits per heavy atom. The second-order valence-electron chi connectivity index (χ2n) is 5.80. The molecule has 0 aliphatic heterocycles. The molecule has 0 aliphatic carbocycles. The fourth-order valence-corrected chi connectivity index (χ4v) is 3.43. The van der Waals surface area contributed by atoms with Crippen LogP contribution in [-0.2, 0) is 5.41 Å². The van der Waals surface area contributed by atoms with Gasteiger partial charge in [0.25, 0.3) is 0 Å². The van der Waals surface area contributed by atoms with Gasteiger partial charge in [0, 0.05) is 5.41 Å². The first-order chi connectivity index (χ1) is 11.4. The molecule has 0 saturated heterocycles. The van der Waals surface area contributed by atoms with Crippen molar-refractivity contribution in [3.8, 4) is 0 Å². The maximum atomic E-state index is 13.1. The molecule has 116 valence electrons. The van der Waals surface area contributed by atoms with Crippen LogP contribution < -0.4 is 0 Å². The van der Waals surface area contributed by atoms with Gasteiger partial charge >= 0.3 is 0 Å². The Hall–Kier alpha value is -2.41. The molecule has 23 heavy (non-hydrogen) atoms. The first-order valence-corrected chi connectivity index (χ1v) is 8.10. The number of halogens is 1. The SMILES string of the molecule is FCCCC(c1ccccc1)(c1ccccc1)c1ccccc1. The summed E-state index contributed by atoms with van der Waals surface area (Å²) in [6, 6.07) is 31.4. The predicted molar refractivity (Wildman–Crippen MR) is 94.4 cm³/mol. The van der Waals surface area contributed by atoms with E-state index in [0.717, 1.165) is 6.42 Å². The van der Waals surface area contributed by atoms with Crippen molar-refractivity contribution in [3.05, 3.63) is 108 Å². The fourth-order valence-electron chi connectivity index (χ4n) is 3.43. The van der Waals surface area contributed by atoms with Crippen LogP contribution in [0.4, 0.5) is 4.39 Å². The molecule has 0 bridgehead atoms. The molecule has 0 amide bonds. The lowest BCUT2D eigenvalue weighted by atomic mass is 9.67. The Morgan fingerprint density at radius 3 is 1.22 bits per heavy atom. The molecule has 3 aromatic carbocycles. The molecule has 0 heterocycles. The number of benzene rings is 3. The van der Waals surface area contributed by atoms with Crippen molar-refractivity contribution in [2.45, 2.75) is 18.3 Å². The third kappa shape index (κ3) is 3.05. The van der Waals surface area contributed by atoms with Crippen molar-refractivity contribution in [1.82, 2.24) is 0 Å². The summed E-state index contributed by atoms with van der Waals surface area (Å²) < 4.78 is 13.1. The van der Waals surface area contributed by atoms with E-state index in [1.807, 2.05) is 18.2 Å². The number of rotatable bonds is 6. The van der Waals surface area contributed by atoms with Gasteiger partial charge in [0.05, 0.1) is 6.67 Å². The highest BCUT2D eigenvalue weighted by atomic mass is 19.1. The zero-order chi connectivity index (χ0) is 16.0. The van der Waals surface area contributed by atoms with Crippen LogP contribution in [0.5, 0.6) is 0 Å². The van der Waals surface area contributed by atoms with Crippen molar-refractivity contribution in [1.29, 1.82) is 0 Å². The molecule has 0 N–H and O–H groups in total. The summed E-state index contributed by atoms with van der Waals surface area (Å²) in [5, 5.41) is 0. The summed E-state index contributed by atoms with van der Waals surface area (Å²) in [7, 11) is 0. The maximum Gasteiger partial charge on any atom is 0.0895 e. The average molecular weight is 304 g/mol. The Morgan fingerprint density at radius 2 is 0.913 bits per heavy atom. The van der Waals surface area contributed by atoms with Gasteiger partial charge in [-0.15, -0.1) is 0 Å². The van der Waals surface area contributed by atoms with Crippen molar-refractivity contribution in [2.24, 2.45) is 0 Å². The summed E-state index contributed by atoms with van der Waals surface area (Å²) in [5.74, 6) is 0. The monoisotopic (exact) mass is 304 g/mol. The van der Waals surface area contributed by atoms with Crippen molar-refractivity contribution in [3.63, 3.8) is 0 Å². The minimum Gasteiger partial charge on any atom is -0.251 e. The maximum absolute atomic E-state index is 13.1. The van der Waals surface area contributed by atoms with E-state index in [4.69, 9.17) is 0 Å². The summed E-state index contributed by atoms with van der Waals surface area (Å²) in [6.07, 6.45) is 1.29. The average Bonchev–Trinajstić information content (AvgIpc) is 2.65. The van der Waals surface area contributed by atoms with Gasteiger partial charge in [0.2, 0.25) is 0 Å². The van der Waals surface area contributed by atoms with E-state index in [2.05, 4.69) is 72.8 Å². The van der Waals surface area contributed by atoms with Gasteiger partial charge in [-0.05, 0) is 29.5 Å². The van der Waals surface area contributed by atoms with E-state index in [1.54, 1.807) is 0 Å². The lowest BCUT2D eigenvalue weighted by Gasteiger charge is -2.36. The van der Waals surface area contributed by atoms with Crippen LogP contribution in [0.2, 0.25) is 0 Å². The standard InChI is InChI=1S/C22H21F/c23-18-10-17-22(19-11-4-1-5-12-19,20-13-6-2-7-14-20)21-15-8-3-9-16-21/h1-9,11-16H,10,17-18H2. The topological polar surface area (TPSA) is 0 Å². The van der Waals surface area contributed by atoms with E-state index in [0.29, 0.717) is 6.42 Å². The van der Waals surface area contributed by atoms with Gasteiger partial charge in [0.15, 0.2) is 0 Å². The number of hydrogen-bond donors (Lipinski definition) is 0. The minimum absolute atomic E-state index is 0.297.